The molecule has 0 radical (unpaired) electrons. The fourth-order valence-corrected chi connectivity index (χ4v) is 1.44. The molecule has 1 N–H and O–H groups in total. The molecular formula is C12H13F3N4O. The Balaban J connectivity index is 2.64. The third-order valence-electron chi connectivity index (χ3n) is 2.32. The highest BCUT2D eigenvalue weighted by atomic mass is 19.4. The van der Waals surface area contributed by atoms with Gasteiger partial charge in [0.25, 0.3) is 0 Å². The Hall–Kier alpha value is -2.30. The summed E-state index contributed by atoms with van der Waals surface area (Å²) >= 11 is 0. The van der Waals surface area contributed by atoms with E-state index >= 15 is 0 Å². The number of alkyl halides is 3. The van der Waals surface area contributed by atoms with Gasteiger partial charge in [-0.25, -0.2) is 4.79 Å². The van der Waals surface area contributed by atoms with Crippen molar-refractivity contribution in [2.45, 2.75) is 19.1 Å². The quantitative estimate of drug-likeness (QED) is 0.900. The molecule has 0 aliphatic carbocycles. The van der Waals surface area contributed by atoms with Gasteiger partial charge in [-0.3, -0.25) is 4.98 Å². The van der Waals surface area contributed by atoms with E-state index in [9.17, 15) is 18.0 Å². The molecule has 8 heteroatoms. The first-order valence-electron chi connectivity index (χ1n) is 5.78. The lowest BCUT2D eigenvalue weighted by atomic mass is 10.2. The number of nitrogens with one attached hydrogen (secondary N) is 1. The van der Waals surface area contributed by atoms with Crippen molar-refractivity contribution < 1.29 is 18.0 Å². The average molecular weight is 286 g/mol. The predicted molar refractivity (Wildman–Crippen MR) is 64.3 cm³/mol. The molecule has 5 nitrogen and oxygen atoms in total. The van der Waals surface area contributed by atoms with Crippen LogP contribution in [0.5, 0.6) is 0 Å². The number of nitrogens with zero attached hydrogens (tertiary/aromatic N) is 3. The fraction of sp³-hybridized carbons (Fsp3) is 0.417. The third kappa shape index (κ3) is 6.04. The van der Waals surface area contributed by atoms with Crippen LogP contribution in [0.15, 0.2) is 24.5 Å². The van der Waals surface area contributed by atoms with Gasteiger partial charge in [0.05, 0.1) is 12.5 Å². The molecule has 0 atom stereocenters. The fourth-order valence-electron chi connectivity index (χ4n) is 1.44. The summed E-state index contributed by atoms with van der Waals surface area (Å²) in [5, 5.41) is 10.3. The van der Waals surface area contributed by atoms with Gasteiger partial charge in [-0.2, -0.15) is 18.4 Å². The summed E-state index contributed by atoms with van der Waals surface area (Å²) in [7, 11) is 0. The van der Waals surface area contributed by atoms with Crippen molar-refractivity contribution >= 4 is 6.03 Å². The van der Waals surface area contributed by atoms with E-state index in [-0.39, 0.29) is 19.5 Å². The summed E-state index contributed by atoms with van der Waals surface area (Å²) in [5.41, 5.74) is 0.674. The SMILES string of the molecule is N#CCCN(Cc1cccnc1)C(=O)NCC(F)(F)F. The van der Waals surface area contributed by atoms with Crippen molar-refractivity contribution in [1.82, 2.24) is 15.2 Å². The normalized spacial score (nSPS) is 10.7. The zero-order chi connectivity index (χ0) is 15.0. The minimum atomic E-state index is -4.47. The van der Waals surface area contributed by atoms with Gasteiger partial charge in [0, 0.05) is 25.5 Å². The highest BCUT2D eigenvalue weighted by Gasteiger charge is 2.28. The first kappa shape index (κ1) is 15.8. The number of amides is 2. The highest BCUT2D eigenvalue weighted by Crippen LogP contribution is 2.12. The molecule has 0 aromatic carbocycles. The molecule has 1 rings (SSSR count). The van der Waals surface area contributed by atoms with Crippen LogP contribution in [-0.4, -0.2) is 35.2 Å². The van der Waals surface area contributed by atoms with E-state index in [0.29, 0.717) is 5.56 Å². The third-order valence-corrected chi connectivity index (χ3v) is 2.32. The van der Waals surface area contributed by atoms with E-state index in [1.807, 2.05) is 6.07 Å². The highest BCUT2D eigenvalue weighted by molar-refractivity contribution is 5.74. The average Bonchev–Trinajstić information content (AvgIpc) is 2.41. The van der Waals surface area contributed by atoms with Gasteiger partial charge in [-0.05, 0) is 11.6 Å². The summed E-state index contributed by atoms with van der Waals surface area (Å²) in [5.74, 6) is 0. The summed E-state index contributed by atoms with van der Waals surface area (Å²) in [4.78, 5) is 16.7. The zero-order valence-electron chi connectivity index (χ0n) is 10.5. The molecule has 0 saturated carbocycles. The van der Waals surface area contributed by atoms with E-state index in [1.165, 1.54) is 6.20 Å². The Kier molecular flexibility index (Phi) is 5.77. The molecule has 2 amide bonds. The van der Waals surface area contributed by atoms with E-state index in [4.69, 9.17) is 5.26 Å². The Bertz CT molecular complexity index is 470. The minimum absolute atomic E-state index is 0.0414. The van der Waals surface area contributed by atoms with Gasteiger partial charge in [0.15, 0.2) is 0 Å². The predicted octanol–water partition coefficient (Wildman–Crippen LogP) is 2.07. The molecule has 0 aliphatic heterocycles. The first-order valence-corrected chi connectivity index (χ1v) is 5.78. The second kappa shape index (κ2) is 7.33. The lowest BCUT2D eigenvalue weighted by Gasteiger charge is -2.22. The van der Waals surface area contributed by atoms with E-state index in [1.54, 1.807) is 23.6 Å². The summed E-state index contributed by atoms with van der Waals surface area (Å²) in [6.45, 7) is -1.25. The molecule has 0 fully saturated rings. The van der Waals surface area contributed by atoms with Crippen LogP contribution in [-0.2, 0) is 6.54 Å². The molecule has 0 aliphatic rings. The molecule has 20 heavy (non-hydrogen) atoms. The number of hydrogen-bond acceptors (Lipinski definition) is 3. The van der Waals surface area contributed by atoms with Crippen LogP contribution in [0.3, 0.4) is 0 Å². The maximum atomic E-state index is 12.1. The van der Waals surface area contributed by atoms with E-state index < -0.39 is 18.8 Å². The largest absolute Gasteiger partial charge is 0.405 e. The number of carbonyl (C=O) groups is 1. The first-order chi connectivity index (χ1) is 9.42. The van der Waals surface area contributed by atoms with Crippen LogP contribution in [0.1, 0.15) is 12.0 Å². The number of nitriles is 1. The van der Waals surface area contributed by atoms with E-state index in [0.717, 1.165) is 4.90 Å². The van der Waals surface area contributed by atoms with Crippen molar-refractivity contribution in [3.05, 3.63) is 30.1 Å². The Morgan fingerprint density at radius 3 is 2.80 bits per heavy atom. The number of aromatic nitrogens is 1. The summed E-state index contributed by atoms with van der Waals surface area (Å²) in [6.07, 6.45) is -1.37. The van der Waals surface area contributed by atoms with Crippen LogP contribution in [0.2, 0.25) is 0 Å². The topological polar surface area (TPSA) is 69.0 Å². The molecule has 0 unspecified atom stereocenters. The second-order valence-electron chi connectivity index (χ2n) is 3.96. The van der Waals surface area contributed by atoms with Crippen molar-refractivity contribution in [2.24, 2.45) is 0 Å². The lowest BCUT2D eigenvalue weighted by Crippen LogP contribution is -2.43. The van der Waals surface area contributed by atoms with Crippen molar-refractivity contribution in [3.8, 4) is 6.07 Å². The van der Waals surface area contributed by atoms with Crippen LogP contribution < -0.4 is 5.32 Å². The molecule has 0 saturated heterocycles. The lowest BCUT2D eigenvalue weighted by molar-refractivity contribution is -0.123. The van der Waals surface area contributed by atoms with Crippen LogP contribution in [0, 0.1) is 11.3 Å². The zero-order valence-corrected chi connectivity index (χ0v) is 10.5. The second-order valence-corrected chi connectivity index (χ2v) is 3.96. The van der Waals surface area contributed by atoms with E-state index in [2.05, 4.69) is 4.98 Å². The molecule has 1 aromatic heterocycles. The standard InChI is InChI=1S/C12H13F3N4O/c13-12(14,15)9-18-11(20)19(6-2-4-16)8-10-3-1-5-17-7-10/h1,3,5,7H,2,6,8-9H2,(H,18,20). The Morgan fingerprint density at radius 2 is 2.25 bits per heavy atom. The van der Waals surface area contributed by atoms with Gasteiger partial charge >= 0.3 is 12.2 Å². The summed E-state index contributed by atoms with van der Waals surface area (Å²) in [6, 6.07) is 4.35. The Labute approximate surface area is 114 Å². The molecule has 0 bridgehead atoms. The maximum Gasteiger partial charge on any atom is 0.405 e. The van der Waals surface area contributed by atoms with Crippen LogP contribution in [0.4, 0.5) is 18.0 Å². The van der Waals surface area contributed by atoms with Gasteiger partial charge in [-0.15, -0.1) is 0 Å². The molecule has 1 heterocycles. The van der Waals surface area contributed by atoms with Crippen molar-refractivity contribution in [1.29, 1.82) is 5.26 Å². The number of pyridine rings is 1. The smallest absolute Gasteiger partial charge is 0.329 e. The van der Waals surface area contributed by atoms with Gasteiger partial charge < -0.3 is 10.2 Å². The number of urea groups is 1. The minimum Gasteiger partial charge on any atom is -0.329 e. The summed E-state index contributed by atoms with van der Waals surface area (Å²) < 4.78 is 36.2. The monoisotopic (exact) mass is 286 g/mol. The van der Waals surface area contributed by atoms with Crippen molar-refractivity contribution in [2.75, 3.05) is 13.1 Å². The molecule has 1 aromatic rings. The van der Waals surface area contributed by atoms with Crippen LogP contribution >= 0.6 is 0 Å². The Morgan fingerprint density at radius 1 is 1.50 bits per heavy atom. The molecule has 108 valence electrons. The number of halogens is 3. The van der Waals surface area contributed by atoms with Crippen molar-refractivity contribution in [3.63, 3.8) is 0 Å². The van der Waals surface area contributed by atoms with Crippen LogP contribution in [0.25, 0.3) is 0 Å². The van der Waals surface area contributed by atoms with Gasteiger partial charge in [0.2, 0.25) is 0 Å². The van der Waals surface area contributed by atoms with Gasteiger partial charge in [0.1, 0.15) is 6.54 Å². The number of carbonyl (C=O) groups excluding carboxylic acids is 1. The molecule has 0 spiro atoms. The number of hydrogen-bond donors (Lipinski definition) is 1. The molecular weight excluding hydrogens is 273 g/mol. The maximum absolute atomic E-state index is 12.1. The number of rotatable bonds is 5. The van der Waals surface area contributed by atoms with Gasteiger partial charge in [-0.1, -0.05) is 6.07 Å².